The normalized spacial score (nSPS) is 14.7. The molecule has 2 aromatic carbocycles. The van der Waals surface area contributed by atoms with E-state index in [1.54, 1.807) is 12.3 Å². The van der Waals surface area contributed by atoms with Gasteiger partial charge in [-0.05, 0) is 46.3 Å². The van der Waals surface area contributed by atoms with E-state index >= 15 is 0 Å². The number of aromatic amines is 1. The number of benzene rings is 2. The smallest absolute Gasteiger partial charge is 0.247 e. The van der Waals surface area contributed by atoms with Crippen LogP contribution in [0.3, 0.4) is 0 Å². The lowest BCUT2D eigenvalue weighted by Crippen LogP contribution is -2.49. The second-order valence-corrected chi connectivity index (χ2v) is 8.77. The van der Waals surface area contributed by atoms with Gasteiger partial charge in [0.15, 0.2) is 0 Å². The third kappa shape index (κ3) is 4.97. The Morgan fingerprint density at radius 1 is 0.879 bits per heavy atom. The van der Waals surface area contributed by atoms with Gasteiger partial charge in [-0.3, -0.25) is 19.5 Å². The molecule has 4 aromatic rings. The highest BCUT2D eigenvalue weighted by molar-refractivity contribution is 6.31. The number of amides is 1. The van der Waals surface area contributed by atoms with E-state index in [0.717, 1.165) is 39.7 Å². The van der Waals surface area contributed by atoms with Crippen molar-refractivity contribution in [1.29, 1.82) is 0 Å². The summed E-state index contributed by atoms with van der Waals surface area (Å²) in [6.45, 7) is 3.11. The number of hydrogen-bond donors (Lipinski definition) is 1. The Kier molecular flexibility index (Phi) is 5.94. The van der Waals surface area contributed by atoms with Crippen molar-refractivity contribution in [3.05, 3.63) is 99.7 Å². The number of nitrogens with one attached hydrogen (secondary N) is 1. The van der Waals surface area contributed by atoms with Crippen LogP contribution in [0.15, 0.2) is 77.9 Å². The minimum absolute atomic E-state index is 0.116. The molecule has 0 saturated carbocycles. The zero-order chi connectivity index (χ0) is 22.8. The van der Waals surface area contributed by atoms with Crippen molar-refractivity contribution in [1.82, 2.24) is 19.8 Å². The van der Waals surface area contributed by atoms with Crippen LogP contribution in [0.4, 0.5) is 0 Å². The molecule has 3 heterocycles. The standard InChI is InChI=1S/C26H23ClN4O2/c27-23-7-5-20-12-24(28-14-22(20)11-23)16-30-9-10-31(26(33)17-30)15-18-1-3-19(4-2-18)21-6-8-25(32)29-13-21/h1-8,11-14H,9-10,15-17H2,(H,29,32). The number of piperazine rings is 1. The summed E-state index contributed by atoms with van der Waals surface area (Å²) in [6, 6.07) is 19.3. The molecule has 7 heteroatoms. The van der Waals surface area contributed by atoms with E-state index in [9.17, 15) is 9.59 Å². The quantitative estimate of drug-likeness (QED) is 0.489. The molecule has 5 rings (SSSR count). The molecule has 2 aromatic heterocycles. The zero-order valence-corrected chi connectivity index (χ0v) is 18.8. The van der Waals surface area contributed by atoms with Gasteiger partial charge < -0.3 is 9.88 Å². The molecule has 1 saturated heterocycles. The molecule has 0 aliphatic carbocycles. The average Bonchev–Trinajstić information content (AvgIpc) is 2.82. The number of carbonyl (C=O) groups is 1. The molecule has 1 N–H and O–H groups in total. The lowest BCUT2D eigenvalue weighted by Gasteiger charge is -2.34. The molecular formula is C26H23ClN4O2. The summed E-state index contributed by atoms with van der Waals surface area (Å²) < 4.78 is 0. The maximum Gasteiger partial charge on any atom is 0.247 e. The number of rotatable bonds is 5. The molecule has 1 amide bonds. The van der Waals surface area contributed by atoms with Gasteiger partial charge in [0, 0.05) is 55.0 Å². The van der Waals surface area contributed by atoms with Crippen LogP contribution in [0.25, 0.3) is 21.9 Å². The fourth-order valence-corrected chi connectivity index (χ4v) is 4.33. The first-order chi connectivity index (χ1) is 16.0. The van der Waals surface area contributed by atoms with Crippen molar-refractivity contribution in [2.24, 2.45) is 0 Å². The van der Waals surface area contributed by atoms with Crippen molar-refractivity contribution < 1.29 is 4.79 Å². The van der Waals surface area contributed by atoms with Crippen LogP contribution in [-0.4, -0.2) is 45.3 Å². The van der Waals surface area contributed by atoms with E-state index < -0.39 is 0 Å². The SMILES string of the molecule is O=C1CN(Cc2cc3ccc(Cl)cc3cn2)CCN1Cc1ccc(-c2ccc(=O)[nH]c2)cc1. The van der Waals surface area contributed by atoms with Gasteiger partial charge in [-0.1, -0.05) is 41.9 Å². The molecule has 33 heavy (non-hydrogen) atoms. The van der Waals surface area contributed by atoms with Crippen molar-refractivity contribution in [2.45, 2.75) is 13.1 Å². The van der Waals surface area contributed by atoms with Gasteiger partial charge >= 0.3 is 0 Å². The van der Waals surface area contributed by atoms with Crippen molar-refractivity contribution in [3.8, 4) is 11.1 Å². The topological polar surface area (TPSA) is 69.3 Å². The van der Waals surface area contributed by atoms with Gasteiger partial charge in [-0.15, -0.1) is 0 Å². The average molecular weight is 459 g/mol. The number of hydrogen-bond acceptors (Lipinski definition) is 4. The van der Waals surface area contributed by atoms with E-state index in [4.69, 9.17) is 11.6 Å². The van der Waals surface area contributed by atoms with Crippen LogP contribution in [0, 0.1) is 0 Å². The fraction of sp³-hybridized carbons (Fsp3) is 0.192. The predicted octanol–water partition coefficient (Wildman–Crippen LogP) is 4.09. The van der Waals surface area contributed by atoms with Crippen LogP contribution in [0.2, 0.25) is 5.02 Å². The molecule has 0 atom stereocenters. The van der Waals surface area contributed by atoms with Crippen LogP contribution < -0.4 is 5.56 Å². The van der Waals surface area contributed by atoms with Crippen LogP contribution in [-0.2, 0) is 17.9 Å². The Balaban J connectivity index is 1.19. The van der Waals surface area contributed by atoms with E-state index in [-0.39, 0.29) is 11.5 Å². The molecule has 1 fully saturated rings. The molecule has 0 bridgehead atoms. The van der Waals surface area contributed by atoms with Gasteiger partial charge in [0.25, 0.3) is 0 Å². The molecular weight excluding hydrogens is 436 g/mol. The highest BCUT2D eigenvalue weighted by atomic mass is 35.5. The maximum atomic E-state index is 12.8. The van der Waals surface area contributed by atoms with Crippen molar-refractivity contribution in [3.63, 3.8) is 0 Å². The summed E-state index contributed by atoms with van der Waals surface area (Å²) in [5.74, 6) is 0.124. The maximum absolute atomic E-state index is 12.8. The zero-order valence-electron chi connectivity index (χ0n) is 18.0. The number of fused-ring (bicyclic) bond motifs is 1. The van der Waals surface area contributed by atoms with Crippen LogP contribution >= 0.6 is 11.6 Å². The van der Waals surface area contributed by atoms with Crippen molar-refractivity contribution >= 4 is 28.3 Å². The van der Waals surface area contributed by atoms with E-state index in [1.807, 2.05) is 53.6 Å². The number of aromatic nitrogens is 2. The Hall–Kier alpha value is -3.48. The summed E-state index contributed by atoms with van der Waals surface area (Å²) in [5, 5.41) is 2.81. The van der Waals surface area contributed by atoms with E-state index in [2.05, 4.69) is 20.9 Å². The molecule has 1 aliphatic rings. The minimum atomic E-state index is -0.116. The molecule has 0 spiro atoms. The second kappa shape index (κ2) is 9.17. The fourth-order valence-electron chi connectivity index (χ4n) is 4.15. The van der Waals surface area contributed by atoms with Gasteiger partial charge in [-0.25, -0.2) is 0 Å². The molecule has 0 unspecified atom stereocenters. The lowest BCUT2D eigenvalue weighted by atomic mass is 10.1. The largest absolute Gasteiger partial charge is 0.336 e. The first-order valence-corrected chi connectivity index (χ1v) is 11.2. The molecule has 0 radical (unpaired) electrons. The number of pyridine rings is 2. The highest BCUT2D eigenvalue weighted by Gasteiger charge is 2.24. The number of H-pyrrole nitrogens is 1. The summed E-state index contributed by atoms with van der Waals surface area (Å²) in [4.78, 5) is 35.3. The van der Waals surface area contributed by atoms with Gasteiger partial charge in [0.05, 0.1) is 12.2 Å². The van der Waals surface area contributed by atoms with Gasteiger partial charge in [0.1, 0.15) is 0 Å². The third-order valence-electron chi connectivity index (χ3n) is 5.97. The summed E-state index contributed by atoms with van der Waals surface area (Å²) in [7, 11) is 0. The third-order valence-corrected chi connectivity index (χ3v) is 6.20. The molecule has 1 aliphatic heterocycles. The summed E-state index contributed by atoms with van der Waals surface area (Å²) in [5.41, 5.74) is 3.89. The Bertz CT molecular complexity index is 1350. The summed E-state index contributed by atoms with van der Waals surface area (Å²) in [6.07, 6.45) is 3.55. The van der Waals surface area contributed by atoms with Gasteiger partial charge in [-0.2, -0.15) is 0 Å². The van der Waals surface area contributed by atoms with E-state index in [0.29, 0.717) is 31.2 Å². The first-order valence-electron chi connectivity index (χ1n) is 10.9. The Labute approximate surface area is 196 Å². The number of nitrogens with zero attached hydrogens (tertiary/aromatic N) is 3. The molecule has 6 nitrogen and oxygen atoms in total. The highest BCUT2D eigenvalue weighted by Crippen LogP contribution is 2.21. The Morgan fingerprint density at radius 3 is 2.45 bits per heavy atom. The number of halogens is 1. The van der Waals surface area contributed by atoms with Crippen molar-refractivity contribution in [2.75, 3.05) is 19.6 Å². The number of carbonyl (C=O) groups excluding carboxylic acids is 1. The summed E-state index contributed by atoms with van der Waals surface area (Å²) >= 11 is 6.05. The predicted molar refractivity (Wildman–Crippen MR) is 130 cm³/mol. The van der Waals surface area contributed by atoms with Crippen LogP contribution in [0.5, 0.6) is 0 Å². The monoisotopic (exact) mass is 458 g/mol. The molecule has 166 valence electrons. The van der Waals surface area contributed by atoms with E-state index in [1.165, 1.54) is 6.07 Å². The lowest BCUT2D eigenvalue weighted by molar-refractivity contribution is -0.136. The first kappa shape index (κ1) is 21.4. The van der Waals surface area contributed by atoms with Gasteiger partial charge in [0.2, 0.25) is 11.5 Å². The Morgan fingerprint density at radius 2 is 1.70 bits per heavy atom. The van der Waals surface area contributed by atoms with Crippen LogP contribution in [0.1, 0.15) is 11.3 Å². The second-order valence-electron chi connectivity index (χ2n) is 8.33. The minimum Gasteiger partial charge on any atom is -0.336 e.